The predicted octanol–water partition coefficient (Wildman–Crippen LogP) is 0.833. The van der Waals surface area contributed by atoms with Crippen LogP contribution in [0.25, 0.3) is 5.82 Å². The molecule has 0 aliphatic carbocycles. The number of rotatable bonds is 4. The first kappa shape index (κ1) is 15.5. The van der Waals surface area contributed by atoms with Crippen molar-refractivity contribution in [2.24, 2.45) is 5.92 Å². The van der Waals surface area contributed by atoms with E-state index in [-0.39, 0.29) is 24.2 Å². The van der Waals surface area contributed by atoms with Gasteiger partial charge in [0.1, 0.15) is 11.6 Å². The first-order valence-corrected chi connectivity index (χ1v) is 6.68. The van der Waals surface area contributed by atoms with Gasteiger partial charge in [0.05, 0.1) is 5.92 Å². The Bertz CT molecular complexity index is 606. The van der Waals surface area contributed by atoms with E-state index >= 15 is 0 Å². The predicted molar refractivity (Wildman–Crippen MR) is 81.6 cm³/mol. The molecule has 1 amide bonds. The van der Waals surface area contributed by atoms with Gasteiger partial charge in [-0.3, -0.25) is 9.36 Å². The zero-order valence-electron chi connectivity index (χ0n) is 11.7. The second-order valence-corrected chi connectivity index (χ2v) is 4.94. The second-order valence-electron chi connectivity index (χ2n) is 4.94. The SMILES string of the molecule is Cc1nccn1-c1ccc(CNC(=O)C2CNC2)cn1.Cl. The summed E-state index contributed by atoms with van der Waals surface area (Å²) in [6.45, 7) is 4.01. The average Bonchev–Trinajstić information content (AvgIpc) is 2.81. The number of halogens is 1. The van der Waals surface area contributed by atoms with Crippen LogP contribution in [-0.2, 0) is 11.3 Å². The van der Waals surface area contributed by atoms with Crippen LogP contribution < -0.4 is 10.6 Å². The number of nitrogens with zero attached hydrogens (tertiary/aromatic N) is 3. The molecule has 21 heavy (non-hydrogen) atoms. The quantitative estimate of drug-likeness (QED) is 0.878. The van der Waals surface area contributed by atoms with E-state index in [2.05, 4.69) is 20.6 Å². The molecule has 2 aromatic rings. The van der Waals surface area contributed by atoms with E-state index in [0.717, 1.165) is 30.3 Å². The maximum atomic E-state index is 11.7. The van der Waals surface area contributed by atoms with Crippen molar-refractivity contribution >= 4 is 18.3 Å². The van der Waals surface area contributed by atoms with Crippen LogP contribution in [0, 0.1) is 12.8 Å². The summed E-state index contributed by atoms with van der Waals surface area (Å²) in [4.78, 5) is 20.3. The van der Waals surface area contributed by atoms with Crippen molar-refractivity contribution in [1.82, 2.24) is 25.2 Å². The zero-order chi connectivity index (χ0) is 13.9. The summed E-state index contributed by atoms with van der Waals surface area (Å²) in [5.41, 5.74) is 0.993. The molecule has 0 saturated carbocycles. The van der Waals surface area contributed by atoms with Gasteiger partial charge in [-0.2, -0.15) is 0 Å². The minimum Gasteiger partial charge on any atom is -0.352 e. The van der Waals surface area contributed by atoms with Gasteiger partial charge in [-0.1, -0.05) is 6.07 Å². The van der Waals surface area contributed by atoms with E-state index in [0.29, 0.717) is 6.54 Å². The fraction of sp³-hybridized carbons (Fsp3) is 0.357. The Balaban J connectivity index is 0.00000161. The number of carbonyl (C=O) groups excluding carboxylic acids is 1. The third-order valence-corrected chi connectivity index (χ3v) is 3.50. The molecule has 2 aromatic heterocycles. The molecule has 0 spiro atoms. The summed E-state index contributed by atoms with van der Waals surface area (Å²) < 4.78 is 1.92. The number of carbonyl (C=O) groups is 1. The Hall–Kier alpha value is -1.92. The smallest absolute Gasteiger partial charge is 0.225 e. The van der Waals surface area contributed by atoms with E-state index in [1.165, 1.54) is 0 Å². The van der Waals surface area contributed by atoms with Crippen molar-refractivity contribution in [3.8, 4) is 5.82 Å². The minimum absolute atomic E-state index is 0. The number of pyridine rings is 1. The monoisotopic (exact) mass is 307 g/mol. The molecule has 0 atom stereocenters. The van der Waals surface area contributed by atoms with Gasteiger partial charge < -0.3 is 10.6 Å². The second kappa shape index (κ2) is 6.69. The summed E-state index contributed by atoms with van der Waals surface area (Å²) in [7, 11) is 0. The van der Waals surface area contributed by atoms with E-state index in [1.807, 2.05) is 29.8 Å². The van der Waals surface area contributed by atoms with Crippen LogP contribution in [0.1, 0.15) is 11.4 Å². The third-order valence-electron chi connectivity index (χ3n) is 3.50. The third kappa shape index (κ3) is 3.40. The molecule has 3 heterocycles. The lowest BCUT2D eigenvalue weighted by Gasteiger charge is -2.25. The molecule has 3 rings (SSSR count). The molecule has 1 saturated heterocycles. The van der Waals surface area contributed by atoms with Crippen LogP contribution in [0.5, 0.6) is 0 Å². The first-order valence-electron chi connectivity index (χ1n) is 6.68. The first-order chi connectivity index (χ1) is 9.74. The number of amides is 1. The Morgan fingerprint density at radius 1 is 1.43 bits per heavy atom. The Morgan fingerprint density at radius 3 is 2.76 bits per heavy atom. The largest absolute Gasteiger partial charge is 0.352 e. The average molecular weight is 308 g/mol. The molecular weight excluding hydrogens is 290 g/mol. The van der Waals surface area contributed by atoms with Crippen LogP contribution in [-0.4, -0.2) is 33.5 Å². The number of nitrogens with one attached hydrogen (secondary N) is 2. The van der Waals surface area contributed by atoms with E-state index in [1.54, 1.807) is 12.4 Å². The summed E-state index contributed by atoms with van der Waals surface area (Å²) in [6.07, 6.45) is 5.41. The molecular formula is C14H18ClN5O. The van der Waals surface area contributed by atoms with Gasteiger partial charge in [-0.25, -0.2) is 9.97 Å². The summed E-state index contributed by atoms with van der Waals surface area (Å²) in [6, 6.07) is 3.90. The Labute approximate surface area is 129 Å². The molecule has 0 bridgehead atoms. The number of hydrogen-bond donors (Lipinski definition) is 2. The van der Waals surface area contributed by atoms with E-state index in [4.69, 9.17) is 0 Å². The van der Waals surface area contributed by atoms with Crippen molar-refractivity contribution in [2.45, 2.75) is 13.5 Å². The van der Waals surface area contributed by atoms with Crippen molar-refractivity contribution in [3.05, 3.63) is 42.1 Å². The molecule has 0 unspecified atom stereocenters. The minimum atomic E-state index is 0. The van der Waals surface area contributed by atoms with Crippen molar-refractivity contribution in [3.63, 3.8) is 0 Å². The Morgan fingerprint density at radius 2 is 2.24 bits per heavy atom. The van der Waals surface area contributed by atoms with Gasteiger partial charge in [0, 0.05) is 38.2 Å². The van der Waals surface area contributed by atoms with Crippen LogP contribution in [0.15, 0.2) is 30.7 Å². The molecule has 1 aliphatic rings. The van der Waals surface area contributed by atoms with Gasteiger partial charge in [0.25, 0.3) is 0 Å². The zero-order valence-corrected chi connectivity index (χ0v) is 12.6. The highest BCUT2D eigenvalue weighted by molar-refractivity contribution is 5.85. The molecule has 1 fully saturated rings. The fourth-order valence-electron chi connectivity index (χ4n) is 2.09. The molecule has 7 heteroatoms. The van der Waals surface area contributed by atoms with Gasteiger partial charge in [-0.05, 0) is 18.6 Å². The summed E-state index contributed by atoms with van der Waals surface area (Å²) in [5, 5.41) is 6.02. The molecule has 112 valence electrons. The number of imidazole rings is 1. The molecule has 6 nitrogen and oxygen atoms in total. The van der Waals surface area contributed by atoms with Crippen molar-refractivity contribution in [1.29, 1.82) is 0 Å². The lowest BCUT2D eigenvalue weighted by Crippen LogP contribution is -2.50. The molecule has 2 N–H and O–H groups in total. The Kier molecular flexibility index (Phi) is 4.93. The van der Waals surface area contributed by atoms with Crippen molar-refractivity contribution < 1.29 is 4.79 Å². The van der Waals surface area contributed by atoms with Gasteiger partial charge >= 0.3 is 0 Å². The summed E-state index contributed by atoms with van der Waals surface area (Å²) >= 11 is 0. The van der Waals surface area contributed by atoms with Crippen LogP contribution in [0.4, 0.5) is 0 Å². The van der Waals surface area contributed by atoms with Crippen LogP contribution in [0.3, 0.4) is 0 Å². The highest BCUT2D eigenvalue weighted by Gasteiger charge is 2.24. The fourth-order valence-corrected chi connectivity index (χ4v) is 2.09. The standard InChI is InChI=1S/C14H17N5O.ClH/c1-10-16-4-5-19(10)13-3-2-11(6-17-13)7-18-14(20)12-8-15-9-12;/h2-6,12,15H,7-9H2,1H3,(H,18,20);1H. The lowest BCUT2D eigenvalue weighted by atomic mass is 10.0. The number of aromatic nitrogens is 3. The number of hydrogen-bond acceptors (Lipinski definition) is 4. The maximum Gasteiger partial charge on any atom is 0.225 e. The number of aryl methyl sites for hydroxylation is 1. The van der Waals surface area contributed by atoms with Gasteiger partial charge in [0.15, 0.2) is 0 Å². The molecule has 1 aliphatic heterocycles. The molecule has 0 radical (unpaired) electrons. The van der Waals surface area contributed by atoms with Gasteiger partial charge in [0.2, 0.25) is 5.91 Å². The van der Waals surface area contributed by atoms with Crippen LogP contribution >= 0.6 is 12.4 Å². The highest BCUT2D eigenvalue weighted by Crippen LogP contribution is 2.09. The maximum absolute atomic E-state index is 11.7. The van der Waals surface area contributed by atoms with Crippen LogP contribution in [0.2, 0.25) is 0 Å². The molecule has 0 aromatic carbocycles. The lowest BCUT2D eigenvalue weighted by molar-refractivity contribution is -0.126. The van der Waals surface area contributed by atoms with E-state index in [9.17, 15) is 4.79 Å². The summed E-state index contributed by atoms with van der Waals surface area (Å²) in [5.74, 6) is 1.96. The normalized spacial score (nSPS) is 14.1. The van der Waals surface area contributed by atoms with Crippen molar-refractivity contribution in [2.75, 3.05) is 13.1 Å². The highest BCUT2D eigenvalue weighted by atomic mass is 35.5. The topological polar surface area (TPSA) is 71.8 Å². The van der Waals surface area contributed by atoms with E-state index < -0.39 is 0 Å². The van der Waals surface area contributed by atoms with Gasteiger partial charge in [-0.15, -0.1) is 12.4 Å².